The van der Waals surface area contributed by atoms with Crippen molar-refractivity contribution in [2.45, 2.75) is 50.0 Å². The summed E-state index contributed by atoms with van der Waals surface area (Å²) in [6.45, 7) is 2.26. The number of thioether (sulfide) groups is 1. The molecule has 2 atom stereocenters. The molecule has 1 aliphatic rings. The summed E-state index contributed by atoms with van der Waals surface area (Å²) < 4.78 is 0. The summed E-state index contributed by atoms with van der Waals surface area (Å²) in [5.74, 6) is 1.94. The van der Waals surface area contributed by atoms with E-state index in [0.29, 0.717) is 12.5 Å². The van der Waals surface area contributed by atoms with E-state index in [9.17, 15) is 4.79 Å². The zero-order valence-corrected chi connectivity index (χ0v) is 13.5. The van der Waals surface area contributed by atoms with E-state index in [1.807, 2.05) is 24.3 Å². The molecule has 20 heavy (non-hydrogen) atoms. The maximum absolute atomic E-state index is 11.8. The summed E-state index contributed by atoms with van der Waals surface area (Å²) in [7, 11) is 0. The number of hydrogen-bond donors (Lipinski definition) is 1. The van der Waals surface area contributed by atoms with E-state index in [4.69, 9.17) is 11.6 Å². The number of amides is 1. The summed E-state index contributed by atoms with van der Waals surface area (Å²) >= 11 is 7.62. The Hall–Kier alpha value is -0.670. The number of rotatable bonds is 6. The zero-order valence-electron chi connectivity index (χ0n) is 11.9. The highest BCUT2D eigenvalue weighted by molar-refractivity contribution is 7.99. The maximum Gasteiger partial charge on any atom is 0.220 e. The standard InChI is InChI=1S/C16H22ClNOS/c1-12-4-7-14(11-12)18-16(19)3-2-10-20-15-8-5-13(17)6-9-15/h5-6,8-9,12,14H,2-4,7,10-11H2,1H3,(H,18,19). The summed E-state index contributed by atoms with van der Waals surface area (Å²) in [5, 5.41) is 3.91. The lowest BCUT2D eigenvalue weighted by molar-refractivity contribution is -0.121. The van der Waals surface area contributed by atoms with E-state index in [-0.39, 0.29) is 5.91 Å². The van der Waals surface area contributed by atoms with Crippen molar-refractivity contribution in [3.63, 3.8) is 0 Å². The zero-order chi connectivity index (χ0) is 14.4. The second kappa shape index (κ2) is 7.94. The van der Waals surface area contributed by atoms with Gasteiger partial charge in [-0.3, -0.25) is 4.79 Å². The summed E-state index contributed by atoms with van der Waals surface area (Å²) in [4.78, 5) is 13.0. The van der Waals surface area contributed by atoms with Crippen LogP contribution in [0.5, 0.6) is 0 Å². The van der Waals surface area contributed by atoms with Crippen LogP contribution in [-0.2, 0) is 4.79 Å². The predicted octanol–water partition coefficient (Wildman–Crippen LogP) is 4.52. The molecule has 2 rings (SSSR count). The van der Waals surface area contributed by atoms with Crippen LogP contribution in [0.1, 0.15) is 39.0 Å². The molecule has 0 aliphatic heterocycles. The van der Waals surface area contributed by atoms with Gasteiger partial charge in [0.2, 0.25) is 5.91 Å². The van der Waals surface area contributed by atoms with Gasteiger partial charge in [-0.2, -0.15) is 0 Å². The summed E-state index contributed by atoms with van der Waals surface area (Å²) in [6.07, 6.45) is 5.09. The molecule has 1 aromatic carbocycles. The van der Waals surface area contributed by atoms with Gasteiger partial charge in [0.1, 0.15) is 0 Å². The van der Waals surface area contributed by atoms with Gasteiger partial charge in [-0.1, -0.05) is 18.5 Å². The number of carbonyl (C=O) groups is 1. The van der Waals surface area contributed by atoms with Gasteiger partial charge in [0, 0.05) is 22.4 Å². The van der Waals surface area contributed by atoms with E-state index >= 15 is 0 Å². The third kappa shape index (κ3) is 5.37. The number of benzene rings is 1. The molecule has 0 spiro atoms. The normalized spacial score (nSPS) is 21.9. The minimum atomic E-state index is 0.209. The second-order valence-electron chi connectivity index (χ2n) is 5.59. The Labute approximate surface area is 130 Å². The minimum Gasteiger partial charge on any atom is -0.353 e. The van der Waals surface area contributed by atoms with Crippen LogP contribution < -0.4 is 5.32 Å². The Balaban J connectivity index is 1.58. The van der Waals surface area contributed by atoms with Crippen LogP contribution in [0.15, 0.2) is 29.2 Å². The van der Waals surface area contributed by atoms with Crippen LogP contribution in [0, 0.1) is 5.92 Å². The van der Waals surface area contributed by atoms with Gasteiger partial charge in [-0.15, -0.1) is 11.8 Å². The number of halogens is 1. The molecule has 1 aliphatic carbocycles. The van der Waals surface area contributed by atoms with Crippen molar-refractivity contribution in [1.82, 2.24) is 5.32 Å². The highest BCUT2D eigenvalue weighted by atomic mass is 35.5. The monoisotopic (exact) mass is 311 g/mol. The molecule has 1 N–H and O–H groups in total. The number of nitrogens with one attached hydrogen (secondary N) is 1. The lowest BCUT2D eigenvalue weighted by Gasteiger charge is -2.12. The van der Waals surface area contributed by atoms with Crippen molar-refractivity contribution in [2.75, 3.05) is 5.75 Å². The van der Waals surface area contributed by atoms with Gasteiger partial charge in [0.15, 0.2) is 0 Å². The quantitative estimate of drug-likeness (QED) is 0.618. The van der Waals surface area contributed by atoms with Crippen molar-refractivity contribution < 1.29 is 4.79 Å². The molecule has 2 unspecified atom stereocenters. The molecule has 0 heterocycles. The summed E-state index contributed by atoms with van der Waals surface area (Å²) in [5.41, 5.74) is 0. The Morgan fingerprint density at radius 1 is 1.35 bits per heavy atom. The third-order valence-corrected chi connectivity index (χ3v) is 5.04. The van der Waals surface area contributed by atoms with E-state index in [0.717, 1.165) is 36.0 Å². The van der Waals surface area contributed by atoms with E-state index in [2.05, 4.69) is 12.2 Å². The molecule has 0 radical (unpaired) electrons. The Morgan fingerprint density at radius 3 is 2.75 bits per heavy atom. The molecule has 4 heteroatoms. The van der Waals surface area contributed by atoms with Crippen LogP contribution in [0.4, 0.5) is 0 Å². The Morgan fingerprint density at radius 2 is 2.10 bits per heavy atom. The van der Waals surface area contributed by atoms with Crippen molar-refractivity contribution in [1.29, 1.82) is 0 Å². The van der Waals surface area contributed by atoms with Gasteiger partial charge >= 0.3 is 0 Å². The number of hydrogen-bond acceptors (Lipinski definition) is 2. The molecule has 1 fully saturated rings. The van der Waals surface area contributed by atoms with Crippen molar-refractivity contribution >= 4 is 29.3 Å². The lowest BCUT2D eigenvalue weighted by atomic mass is 10.1. The average molecular weight is 312 g/mol. The van der Waals surface area contributed by atoms with Crippen molar-refractivity contribution in [2.24, 2.45) is 5.92 Å². The highest BCUT2D eigenvalue weighted by Crippen LogP contribution is 2.25. The number of carbonyl (C=O) groups excluding carboxylic acids is 1. The van der Waals surface area contributed by atoms with E-state index in [1.165, 1.54) is 11.3 Å². The fourth-order valence-corrected chi connectivity index (χ4v) is 3.57. The smallest absolute Gasteiger partial charge is 0.220 e. The van der Waals surface area contributed by atoms with Crippen molar-refractivity contribution in [3.05, 3.63) is 29.3 Å². The predicted molar refractivity (Wildman–Crippen MR) is 86.4 cm³/mol. The fraction of sp³-hybridized carbons (Fsp3) is 0.562. The first kappa shape index (κ1) is 15.7. The van der Waals surface area contributed by atoms with E-state index in [1.54, 1.807) is 11.8 Å². The SMILES string of the molecule is CC1CCC(NC(=O)CCCSc2ccc(Cl)cc2)C1. The molecule has 0 aromatic heterocycles. The van der Waals surface area contributed by atoms with Crippen LogP contribution >= 0.6 is 23.4 Å². The fourth-order valence-electron chi connectivity index (χ4n) is 2.59. The molecule has 1 amide bonds. The first-order chi connectivity index (χ1) is 9.63. The molecule has 1 aromatic rings. The Kier molecular flexibility index (Phi) is 6.24. The largest absolute Gasteiger partial charge is 0.353 e. The first-order valence-electron chi connectivity index (χ1n) is 7.31. The third-order valence-electron chi connectivity index (χ3n) is 3.69. The first-order valence-corrected chi connectivity index (χ1v) is 8.67. The molecule has 1 saturated carbocycles. The van der Waals surface area contributed by atoms with Gasteiger partial charge < -0.3 is 5.32 Å². The topological polar surface area (TPSA) is 29.1 Å². The van der Waals surface area contributed by atoms with Gasteiger partial charge in [0.05, 0.1) is 0 Å². The van der Waals surface area contributed by atoms with Crippen molar-refractivity contribution in [3.8, 4) is 0 Å². The summed E-state index contributed by atoms with van der Waals surface area (Å²) in [6, 6.07) is 8.26. The minimum absolute atomic E-state index is 0.209. The lowest BCUT2D eigenvalue weighted by Crippen LogP contribution is -2.32. The maximum atomic E-state index is 11.8. The highest BCUT2D eigenvalue weighted by Gasteiger charge is 2.22. The molecule has 110 valence electrons. The average Bonchev–Trinajstić information content (AvgIpc) is 2.82. The molecular weight excluding hydrogens is 290 g/mol. The molecular formula is C16H22ClNOS. The molecule has 2 nitrogen and oxygen atoms in total. The van der Waals surface area contributed by atoms with Gasteiger partial charge in [-0.05, 0) is 61.6 Å². The van der Waals surface area contributed by atoms with Crippen LogP contribution in [0.2, 0.25) is 5.02 Å². The van der Waals surface area contributed by atoms with Crippen LogP contribution in [0.25, 0.3) is 0 Å². The van der Waals surface area contributed by atoms with Gasteiger partial charge in [-0.25, -0.2) is 0 Å². The molecule has 0 saturated heterocycles. The van der Waals surface area contributed by atoms with Gasteiger partial charge in [0.25, 0.3) is 0 Å². The van der Waals surface area contributed by atoms with Crippen LogP contribution in [0.3, 0.4) is 0 Å². The Bertz CT molecular complexity index is 435. The molecule has 0 bridgehead atoms. The van der Waals surface area contributed by atoms with Crippen LogP contribution in [-0.4, -0.2) is 17.7 Å². The second-order valence-corrected chi connectivity index (χ2v) is 7.19. The van der Waals surface area contributed by atoms with E-state index < -0.39 is 0 Å².